The van der Waals surface area contributed by atoms with Crippen LogP contribution in [0.2, 0.25) is 0 Å². The minimum Gasteiger partial charge on any atom is -0.337 e. The normalized spacial score (nSPS) is 22.0. The molecule has 4 heterocycles. The summed E-state index contributed by atoms with van der Waals surface area (Å²) in [6.45, 7) is 7.08. The van der Waals surface area contributed by atoms with E-state index in [1.807, 2.05) is 0 Å². The summed E-state index contributed by atoms with van der Waals surface area (Å²) in [5.74, 6) is -0.833. The first kappa shape index (κ1) is 27.3. The zero-order valence-electron chi connectivity index (χ0n) is 23.7. The minimum atomic E-state index is -0.962. The van der Waals surface area contributed by atoms with Crippen molar-refractivity contribution in [2.45, 2.75) is 27.7 Å². The second-order valence-corrected chi connectivity index (χ2v) is 11.8. The maximum atomic E-state index is 13.7. The molecule has 2 amide bonds. The number of amides is 2. The van der Waals surface area contributed by atoms with Crippen molar-refractivity contribution in [1.82, 2.24) is 29.7 Å². The van der Waals surface area contributed by atoms with Crippen LogP contribution in [-0.2, 0) is 4.79 Å². The van der Waals surface area contributed by atoms with Gasteiger partial charge in [-0.3, -0.25) is 33.9 Å². The quantitative estimate of drug-likeness (QED) is 0.341. The number of carbonyl (C=O) groups is 5. The highest BCUT2D eigenvalue weighted by Gasteiger charge is 2.57. The fourth-order valence-electron chi connectivity index (χ4n) is 6.19. The highest BCUT2D eigenvalue weighted by atomic mass is 16.2. The maximum Gasteiger partial charge on any atom is 0.253 e. The van der Waals surface area contributed by atoms with Crippen molar-refractivity contribution in [3.05, 3.63) is 71.3 Å². The molecule has 0 unspecified atom stereocenters. The van der Waals surface area contributed by atoms with E-state index in [0.717, 1.165) is 0 Å². The Labute approximate surface area is 241 Å². The molecule has 2 aliphatic rings. The number of hydrogen-bond acceptors (Lipinski definition) is 9. The van der Waals surface area contributed by atoms with Crippen LogP contribution in [0, 0.1) is 10.8 Å². The highest BCUT2D eigenvalue weighted by Crippen LogP contribution is 2.43. The molecule has 0 aliphatic carbocycles. The predicted octanol–water partition coefficient (Wildman–Crippen LogP) is 3.17. The Morgan fingerprint density at radius 3 is 1.38 bits per heavy atom. The molecule has 2 aromatic heterocycles. The van der Waals surface area contributed by atoms with Crippen LogP contribution in [0.5, 0.6) is 0 Å². The fraction of sp³-hybridized carbons (Fsp3) is 0.323. The van der Waals surface area contributed by atoms with Crippen LogP contribution in [0.4, 0.5) is 0 Å². The van der Waals surface area contributed by atoms with Gasteiger partial charge >= 0.3 is 0 Å². The van der Waals surface area contributed by atoms with Crippen LogP contribution in [-0.4, -0.2) is 85.1 Å². The number of benzene rings is 2. The molecule has 11 nitrogen and oxygen atoms in total. The monoisotopic (exact) mass is 564 g/mol. The summed E-state index contributed by atoms with van der Waals surface area (Å²) in [6.07, 6.45) is 2.78. The van der Waals surface area contributed by atoms with Gasteiger partial charge in [0.15, 0.2) is 17.3 Å². The zero-order valence-corrected chi connectivity index (χ0v) is 23.7. The first-order chi connectivity index (χ1) is 19.9. The third-order valence-corrected chi connectivity index (χ3v) is 8.13. The number of likely N-dealkylation sites (tertiary alicyclic amines) is 2. The molecule has 6 rings (SSSR count). The van der Waals surface area contributed by atoms with E-state index >= 15 is 0 Å². The molecule has 4 aromatic rings. The van der Waals surface area contributed by atoms with Crippen LogP contribution in [0.15, 0.2) is 48.8 Å². The van der Waals surface area contributed by atoms with Gasteiger partial charge in [0.25, 0.3) is 11.8 Å². The lowest BCUT2D eigenvalue weighted by atomic mass is 9.64. The van der Waals surface area contributed by atoms with Gasteiger partial charge in [0.1, 0.15) is 11.4 Å². The second kappa shape index (κ2) is 9.57. The number of fused-ring (bicyclic) bond motifs is 4. The van der Waals surface area contributed by atoms with Gasteiger partial charge in [-0.25, -0.2) is 9.97 Å². The van der Waals surface area contributed by atoms with Gasteiger partial charge in [0.2, 0.25) is 0 Å². The number of rotatable bonds is 4. The number of ketones is 3. The van der Waals surface area contributed by atoms with Crippen LogP contribution in [0.25, 0.3) is 22.1 Å². The van der Waals surface area contributed by atoms with E-state index in [4.69, 9.17) is 0 Å². The van der Waals surface area contributed by atoms with Crippen molar-refractivity contribution in [2.75, 3.05) is 26.2 Å². The molecular weight excluding hydrogens is 536 g/mol. The third kappa shape index (κ3) is 4.50. The average Bonchev–Trinajstić information content (AvgIpc) is 2.96. The molecule has 212 valence electrons. The Kier molecular flexibility index (Phi) is 6.21. The zero-order chi connectivity index (χ0) is 30.0. The molecule has 0 saturated carbocycles. The van der Waals surface area contributed by atoms with E-state index < -0.39 is 10.8 Å². The van der Waals surface area contributed by atoms with E-state index in [-0.39, 0.29) is 66.7 Å². The van der Waals surface area contributed by atoms with Crippen molar-refractivity contribution in [2.24, 2.45) is 10.8 Å². The number of carbonyl (C=O) groups excluding carboxylic acids is 5. The number of piperidine rings is 2. The summed E-state index contributed by atoms with van der Waals surface area (Å²) in [5.41, 5.74) is 1.40. The van der Waals surface area contributed by atoms with E-state index in [1.165, 1.54) is 26.2 Å². The number of hydrogen-bond donors (Lipinski definition) is 0. The van der Waals surface area contributed by atoms with Crippen molar-refractivity contribution in [3.8, 4) is 0 Å². The Balaban J connectivity index is 1.24. The average molecular weight is 565 g/mol. The van der Waals surface area contributed by atoms with Crippen LogP contribution < -0.4 is 0 Å². The van der Waals surface area contributed by atoms with Crippen LogP contribution in [0.3, 0.4) is 0 Å². The van der Waals surface area contributed by atoms with Gasteiger partial charge in [-0.1, -0.05) is 0 Å². The maximum absolute atomic E-state index is 13.7. The van der Waals surface area contributed by atoms with Gasteiger partial charge in [-0.15, -0.1) is 0 Å². The molecular formula is C31H28N6O5. The van der Waals surface area contributed by atoms with Gasteiger partial charge in [0, 0.05) is 51.2 Å². The van der Waals surface area contributed by atoms with Gasteiger partial charge in [-0.2, -0.15) is 0 Å². The first-order valence-electron chi connectivity index (χ1n) is 13.6. The molecule has 11 heteroatoms. The lowest BCUT2D eigenvalue weighted by molar-refractivity contribution is -0.153. The van der Waals surface area contributed by atoms with E-state index in [0.29, 0.717) is 33.2 Å². The summed E-state index contributed by atoms with van der Waals surface area (Å²) in [5, 5.41) is 0. The van der Waals surface area contributed by atoms with Crippen LogP contribution >= 0.6 is 0 Å². The summed E-state index contributed by atoms with van der Waals surface area (Å²) >= 11 is 0. The van der Waals surface area contributed by atoms with E-state index in [1.54, 1.807) is 60.0 Å². The van der Waals surface area contributed by atoms with Gasteiger partial charge in [0.05, 0.1) is 45.3 Å². The first-order valence-corrected chi connectivity index (χ1v) is 13.6. The van der Waals surface area contributed by atoms with Gasteiger partial charge in [-0.05, 0) is 50.2 Å². The lowest BCUT2D eigenvalue weighted by Crippen LogP contribution is -2.69. The van der Waals surface area contributed by atoms with E-state index in [2.05, 4.69) is 19.9 Å². The fourth-order valence-corrected chi connectivity index (χ4v) is 6.19. The Morgan fingerprint density at radius 2 is 1.02 bits per heavy atom. The Morgan fingerprint density at radius 1 is 0.643 bits per heavy atom. The number of aromatic nitrogens is 4. The molecule has 2 saturated heterocycles. The molecule has 0 radical (unpaired) electrons. The minimum absolute atomic E-state index is 0.0328. The topological polar surface area (TPSA) is 143 Å². The molecule has 0 atom stereocenters. The summed E-state index contributed by atoms with van der Waals surface area (Å²) < 4.78 is 0. The number of nitrogens with zero attached hydrogens (tertiary/aromatic N) is 6. The lowest BCUT2D eigenvalue weighted by Gasteiger charge is -2.55. The Hall–Kier alpha value is -4.93. The molecule has 0 N–H and O–H groups in total. The van der Waals surface area contributed by atoms with Crippen molar-refractivity contribution < 1.29 is 24.0 Å². The smallest absolute Gasteiger partial charge is 0.253 e. The SMILES string of the molecule is CC(=O)c1cnc2cc(C(=O)N3CC4(C)CN(C(=O)c5ccc6nc(C(C)=O)cnc6c5)CC(C)(C3)C4=O)ccc2n1. The van der Waals surface area contributed by atoms with Gasteiger partial charge < -0.3 is 9.80 Å². The van der Waals surface area contributed by atoms with E-state index in [9.17, 15) is 24.0 Å². The Bertz CT molecular complexity index is 1720. The molecule has 0 spiro atoms. The van der Waals surface area contributed by atoms with Crippen molar-refractivity contribution >= 4 is 51.2 Å². The van der Waals surface area contributed by atoms with Crippen molar-refractivity contribution in [1.29, 1.82) is 0 Å². The molecule has 2 aliphatic heterocycles. The largest absolute Gasteiger partial charge is 0.337 e. The second-order valence-electron chi connectivity index (χ2n) is 11.8. The van der Waals surface area contributed by atoms with Crippen molar-refractivity contribution in [3.63, 3.8) is 0 Å². The third-order valence-electron chi connectivity index (χ3n) is 8.13. The number of Topliss-reactive ketones (excluding diaryl/α,β-unsaturated/α-hetero) is 3. The summed E-state index contributed by atoms with van der Waals surface area (Å²) in [4.78, 5) is 84.8. The molecule has 2 fully saturated rings. The van der Waals surface area contributed by atoms with Crippen LogP contribution in [0.1, 0.15) is 69.4 Å². The highest BCUT2D eigenvalue weighted by molar-refractivity contribution is 6.03. The predicted molar refractivity (Wildman–Crippen MR) is 152 cm³/mol. The molecule has 2 aromatic carbocycles. The summed E-state index contributed by atoms with van der Waals surface area (Å²) in [6, 6.07) is 9.91. The molecule has 2 bridgehead atoms. The molecule has 42 heavy (non-hydrogen) atoms. The standard InChI is InChI=1S/C31H28N6O5/c1-17(38)25-11-32-23-9-19(5-7-21(23)34-25)27(40)36-13-30(3)15-37(16-31(4,14-36)29(30)42)28(41)20-6-8-22-24(10-20)33-12-26(35-22)18(2)39/h5-12H,13-16H2,1-4H3. The summed E-state index contributed by atoms with van der Waals surface area (Å²) in [7, 11) is 0.